The predicted molar refractivity (Wildman–Crippen MR) is 125 cm³/mol. The molecule has 3 aromatic rings. The normalized spacial score (nSPS) is 14.9. The van der Waals surface area contributed by atoms with Crippen LogP contribution in [-0.4, -0.2) is 12.0 Å². The van der Waals surface area contributed by atoms with Crippen LogP contribution in [-0.2, 0) is 17.6 Å². The fourth-order valence-corrected chi connectivity index (χ4v) is 4.36. The van der Waals surface area contributed by atoms with Gasteiger partial charge in [0.15, 0.2) is 6.10 Å². The van der Waals surface area contributed by atoms with E-state index in [0.29, 0.717) is 6.42 Å². The molecule has 2 unspecified atom stereocenters. The number of rotatable bonds is 7. The maximum Gasteiger partial charge on any atom is 0.261 e. The summed E-state index contributed by atoms with van der Waals surface area (Å²) in [7, 11) is 0. The molecule has 3 heteroatoms. The summed E-state index contributed by atoms with van der Waals surface area (Å²) in [6.45, 7) is 4.06. The van der Waals surface area contributed by atoms with Gasteiger partial charge >= 0.3 is 0 Å². The van der Waals surface area contributed by atoms with E-state index in [-0.39, 0.29) is 11.9 Å². The van der Waals surface area contributed by atoms with Crippen LogP contribution >= 0.6 is 0 Å². The first-order valence-electron chi connectivity index (χ1n) is 11.3. The Kier molecular flexibility index (Phi) is 6.71. The fraction of sp³-hybridized carbons (Fsp3) is 0.321. The molecule has 0 saturated heterocycles. The van der Waals surface area contributed by atoms with Gasteiger partial charge < -0.3 is 10.1 Å². The number of ether oxygens (including phenoxy) is 1. The van der Waals surface area contributed by atoms with Gasteiger partial charge in [0.25, 0.3) is 5.91 Å². The standard InChI is InChI=1S/C28H31NO2/c1-3-26(31-25-17-16-21-11-7-8-14-23(21)19-25)28(30)29-27(22-12-5-4-6-13-22)24-15-9-10-20(2)18-24/h4-6,9-10,12-13,15-19,26-27H,3,7-8,11,14H2,1-2H3,(H,29,30). The monoisotopic (exact) mass is 413 g/mol. The van der Waals surface area contributed by atoms with Gasteiger partial charge in [-0.1, -0.05) is 73.2 Å². The molecule has 1 aliphatic carbocycles. The molecular weight excluding hydrogens is 382 g/mol. The Labute approximate surface area is 185 Å². The van der Waals surface area contributed by atoms with Gasteiger partial charge in [-0.2, -0.15) is 0 Å². The lowest BCUT2D eigenvalue weighted by atomic mass is 9.92. The molecule has 1 amide bonds. The van der Waals surface area contributed by atoms with Crippen LogP contribution in [0.1, 0.15) is 60.0 Å². The van der Waals surface area contributed by atoms with E-state index in [4.69, 9.17) is 4.74 Å². The van der Waals surface area contributed by atoms with Crippen molar-refractivity contribution >= 4 is 5.91 Å². The van der Waals surface area contributed by atoms with E-state index in [2.05, 4.69) is 54.7 Å². The molecule has 0 radical (unpaired) electrons. The molecule has 4 rings (SSSR count). The van der Waals surface area contributed by atoms with Gasteiger partial charge in [-0.15, -0.1) is 0 Å². The van der Waals surface area contributed by atoms with E-state index in [1.807, 2.05) is 37.3 Å². The maximum absolute atomic E-state index is 13.3. The number of hydrogen-bond acceptors (Lipinski definition) is 2. The Balaban J connectivity index is 1.54. The highest BCUT2D eigenvalue weighted by Crippen LogP contribution is 2.27. The highest BCUT2D eigenvalue weighted by atomic mass is 16.5. The summed E-state index contributed by atoms with van der Waals surface area (Å²) in [4.78, 5) is 13.3. The van der Waals surface area contributed by atoms with Gasteiger partial charge in [0.1, 0.15) is 5.75 Å². The molecule has 0 aliphatic heterocycles. The van der Waals surface area contributed by atoms with E-state index in [9.17, 15) is 4.79 Å². The van der Waals surface area contributed by atoms with Crippen LogP contribution in [0.2, 0.25) is 0 Å². The van der Waals surface area contributed by atoms with Gasteiger partial charge in [0.2, 0.25) is 0 Å². The number of carbonyl (C=O) groups is 1. The van der Waals surface area contributed by atoms with E-state index in [0.717, 1.165) is 29.7 Å². The van der Waals surface area contributed by atoms with Gasteiger partial charge in [0, 0.05) is 0 Å². The second kappa shape index (κ2) is 9.82. The van der Waals surface area contributed by atoms with Crippen molar-refractivity contribution in [3.05, 3.63) is 101 Å². The van der Waals surface area contributed by atoms with E-state index >= 15 is 0 Å². The lowest BCUT2D eigenvalue weighted by Crippen LogP contribution is -2.40. The number of carbonyl (C=O) groups excluding carboxylic acids is 1. The zero-order chi connectivity index (χ0) is 21.6. The molecule has 0 fully saturated rings. The molecule has 1 aliphatic rings. The Hall–Kier alpha value is -3.07. The average molecular weight is 414 g/mol. The van der Waals surface area contributed by atoms with Crippen molar-refractivity contribution in [3.63, 3.8) is 0 Å². The van der Waals surface area contributed by atoms with Gasteiger partial charge in [0.05, 0.1) is 6.04 Å². The Morgan fingerprint density at radius 3 is 2.39 bits per heavy atom. The quantitative estimate of drug-likeness (QED) is 0.521. The largest absolute Gasteiger partial charge is 0.481 e. The number of aryl methyl sites for hydroxylation is 3. The minimum absolute atomic E-state index is 0.0874. The highest BCUT2D eigenvalue weighted by Gasteiger charge is 2.24. The third kappa shape index (κ3) is 5.16. The fourth-order valence-electron chi connectivity index (χ4n) is 4.36. The van der Waals surface area contributed by atoms with E-state index in [1.165, 1.54) is 29.5 Å². The summed E-state index contributed by atoms with van der Waals surface area (Å²) in [5, 5.41) is 3.25. The second-order valence-electron chi connectivity index (χ2n) is 8.42. The summed E-state index contributed by atoms with van der Waals surface area (Å²) in [5.74, 6) is 0.699. The SMILES string of the molecule is CCC(Oc1ccc2c(c1)CCCC2)C(=O)NC(c1ccccc1)c1cccc(C)c1. The molecule has 0 aromatic heterocycles. The first-order chi connectivity index (χ1) is 15.1. The predicted octanol–water partition coefficient (Wildman–Crippen LogP) is 5.94. The van der Waals surface area contributed by atoms with Crippen LogP contribution in [0, 0.1) is 6.92 Å². The average Bonchev–Trinajstić information content (AvgIpc) is 2.81. The van der Waals surface area contributed by atoms with Crippen LogP contribution < -0.4 is 10.1 Å². The molecule has 3 aromatic carbocycles. The molecule has 0 spiro atoms. The minimum atomic E-state index is -0.530. The van der Waals surface area contributed by atoms with Gasteiger partial charge in [-0.25, -0.2) is 0 Å². The third-order valence-electron chi connectivity index (χ3n) is 6.06. The summed E-state index contributed by atoms with van der Waals surface area (Å²) in [6.07, 6.45) is 4.80. The van der Waals surface area contributed by atoms with Crippen molar-refractivity contribution in [3.8, 4) is 5.75 Å². The zero-order valence-corrected chi connectivity index (χ0v) is 18.4. The zero-order valence-electron chi connectivity index (χ0n) is 18.4. The molecule has 0 heterocycles. The summed E-state index contributed by atoms with van der Waals surface area (Å²) in [6, 6.07) is 24.5. The third-order valence-corrected chi connectivity index (χ3v) is 6.06. The number of amides is 1. The van der Waals surface area contributed by atoms with Crippen LogP contribution in [0.5, 0.6) is 5.75 Å². The van der Waals surface area contributed by atoms with Crippen LogP contribution in [0.15, 0.2) is 72.8 Å². The minimum Gasteiger partial charge on any atom is -0.481 e. The molecular formula is C28H31NO2. The number of benzene rings is 3. The van der Waals surface area contributed by atoms with Crippen molar-refractivity contribution < 1.29 is 9.53 Å². The van der Waals surface area contributed by atoms with Crippen LogP contribution in [0.25, 0.3) is 0 Å². The Bertz CT molecular complexity index is 1030. The molecule has 31 heavy (non-hydrogen) atoms. The summed E-state index contributed by atoms with van der Waals surface area (Å²) >= 11 is 0. The van der Waals surface area contributed by atoms with E-state index in [1.54, 1.807) is 0 Å². The molecule has 160 valence electrons. The highest BCUT2D eigenvalue weighted by molar-refractivity contribution is 5.82. The van der Waals surface area contributed by atoms with Crippen molar-refractivity contribution in [2.75, 3.05) is 0 Å². The summed E-state index contributed by atoms with van der Waals surface area (Å²) in [5.41, 5.74) is 6.08. The van der Waals surface area contributed by atoms with Gasteiger partial charge in [-0.05, 0) is 73.4 Å². The Morgan fingerprint density at radius 1 is 0.903 bits per heavy atom. The molecule has 0 saturated carbocycles. The second-order valence-corrected chi connectivity index (χ2v) is 8.42. The smallest absolute Gasteiger partial charge is 0.261 e. The Morgan fingerprint density at radius 2 is 1.65 bits per heavy atom. The summed E-state index contributed by atoms with van der Waals surface area (Å²) < 4.78 is 6.18. The first-order valence-corrected chi connectivity index (χ1v) is 11.3. The number of fused-ring (bicyclic) bond motifs is 1. The first kappa shape index (κ1) is 21.2. The van der Waals surface area contributed by atoms with Crippen molar-refractivity contribution in [2.24, 2.45) is 0 Å². The van der Waals surface area contributed by atoms with Crippen molar-refractivity contribution in [1.29, 1.82) is 0 Å². The van der Waals surface area contributed by atoms with Crippen molar-refractivity contribution in [2.45, 2.75) is 58.1 Å². The lowest BCUT2D eigenvalue weighted by molar-refractivity contribution is -0.128. The topological polar surface area (TPSA) is 38.3 Å². The maximum atomic E-state index is 13.3. The van der Waals surface area contributed by atoms with Crippen LogP contribution in [0.3, 0.4) is 0 Å². The van der Waals surface area contributed by atoms with Crippen molar-refractivity contribution in [1.82, 2.24) is 5.32 Å². The van der Waals surface area contributed by atoms with Gasteiger partial charge in [-0.3, -0.25) is 4.79 Å². The number of nitrogens with one attached hydrogen (secondary N) is 1. The molecule has 1 N–H and O–H groups in total. The van der Waals surface area contributed by atoms with E-state index < -0.39 is 6.10 Å². The lowest BCUT2D eigenvalue weighted by Gasteiger charge is -2.24. The number of hydrogen-bond donors (Lipinski definition) is 1. The molecule has 2 atom stereocenters. The molecule has 3 nitrogen and oxygen atoms in total. The van der Waals surface area contributed by atoms with Crippen LogP contribution in [0.4, 0.5) is 0 Å². The molecule has 0 bridgehead atoms.